The largest absolute Gasteiger partial charge is 0.423 e. The number of aromatic nitrogens is 4. The van der Waals surface area contributed by atoms with Gasteiger partial charge in [0.2, 0.25) is 12.3 Å². The zero-order valence-electron chi connectivity index (χ0n) is 12.3. The van der Waals surface area contributed by atoms with Gasteiger partial charge in [0.05, 0.1) is 6.20 Å². The van der Waals surface area contributed by atoms with E-state index in [2.05, 4.69) is 34.5 Å². The smallest absolute Gasteiger partial charge is 0.247 e. The fourth-order valence-corrected chi connectivity index (χ4v) is 2.20. The summed E-state index contributed by atoms with van der Waals surface area (Å²) in [7, 11) is 1.95. The minimum atomic E-state index is 0.535. The predicted molar refractivity (Wildman–Crippen MR) is 79.7 cm³/mol. The van der Waals surface area contributed by atoms with Crippen molar-refractivity contribution in [2.75, 3.05) is 5.32 Å². The summed E-state index contributed by atoms with van der Waals surface area (Å²) in [5.74, 6) is 0.535. The van der Waals surface area contributed by atoms with Crippen molar-refractivity contribution >= 4 is 5.69 Å². The number of anilines is 1. The maximum Gasteiger partial charge on any atom is 0.247 e. The Hall–Kier alpha value is -2.63. The van der Waals surface area contributed by atoms with Crippen molar-refractivity contribution in [1.29, 1.82) is 0 Å². The molecule has 21 heavy (non-hydrogen) atoms. The van der Waals surface area contributed by atoms with Gasteiger partial charge in [-0.25, -0.2) is 0 Å². The van der Waals surface area contributed by atoms with E-state index in [0.717, 1.165) is 23.4 Å². The van der Waals surface area contributed by atoms with Crippen molar-refractivity contribution < 1.29 is 4.42 Å². The molecule has 0 saturated carbocycles. The van der Waals surface area contributed by atoms with Gasteiger partial charge in [-0.3, -0.25) is 4.68 Å². The maximum absolute atomic E-state index is 5.21. The number of nitrogens with zero attached hydrogens (tertiary/aromatic N) is 4. The number of rotatable bonds is 4. The lowest BCUT2D eigenvalue weighted by Crippen LogP contribution is -2.02. The first-order valence-electron chi connectivity index (χ1n) is 6.73. The Bertz CT molecular complexity index is 746. The van der Waals surface area contributed by atoms with Crippen LogP contribution in [-0.2, 0) is 13.6 Å². The molecule has 0 spiro atoms. The van der Waals surface area contributed by atoms with Gasteiger partial charge < -0.3 is 9.73 Å². The topological polar surface area (TPSA) is 68.8 Å². The van der Waals surface area contributed by atoms with Crippen LogP contribution in [0.25, 0.3) is 11.5 Å². The van der Waals surface area contributed by atoms with Gasteiger partial charge in [0.15, 0.2) is 0 Å². The van der Waals surface area contributed by atoms with Crippen molar-refractivity contribution in [2.45, 2.75) is 20.4 Å². The highest BCUT2D eigenvalue weighted by molar-refractivity contribution is 5.62. The van der Waals surface area contributed by atoms with Crippen LogP contribution < -0.4 is 5.32 Å². The Balaban J connectivity index is 1.76. The summed E-state index contributed by atoms with van der Waals surface area (Å²) in [5.41, 5.74) is 5.50. The molecule has 0 fully saturated rings. The van der Waals surface area contributed by atoms with Crippen molar-refractivity contribution in [1.82, 2.24) is 20.0 Å². The molecule has 2 heterocycles. The zero-order chi connectivity index (χ0) is 14.8. The third-order valence-corrected chi connectivity index (χ3v) is 3.64. The summed E-state index contributed by atoms with van der Waals surface area (Å²) in [5, 5.41) is 15.3. The molecule has 0 atom stereocenters. The highest BCUT2D eigenvalue weighted by atomic mass is 16.4. The van der Waals surface area contributed by atoms with E-state index in [1.807, 2.05) is 36.1 Å². The van der Waals surface area contributed by atoms with Gasteiger partial charge in [0.1, 0.15) is 0 Å². The molecule has 0 aliphatic carbocycles. The van der Waals surface area contributed by atoms with E-state index in [1.165, 1.54) is 17.7 Å². The lowest BCUT2D eigenvalue weighted by molar-refractivity contribution is 0.568. The Morgan fingerprint density at radius 2 is 2.14 bits per heavy atom. The van der Waals surface area contributed by atoms with Crippen LogP contribution >= 0.6 is 0 Å². The Labute approximate surface area is 122 Å². The fourth-order valence-electron chi connectivity index (χ4n) is 2.20. The van der Waals surface area contributed by atoms with Crippen LogP contribution in [0.2, 0.25) is 0 Å². The summed E-state index contributed by atoms with van der Waals surface area (Å²) in [6.45, 7) is 4.87. The molecule has 2 aromatic heterocycles. The third-order valence-electron chi connectivity index (χ3n) is 3.64. The van der Waals surface area contributed by atoms with Crippen LogP contribution in [0.1, 0.15) is 16.8 Å². The van der Waals surface area contributed by atoms with Crippen LogP contribution in [0.5, 0.6) is 0 Å². The van der Waals surface area contributed by atoms with Gasteiger partial charge in [0.25, 0.3) is 0 Å². The normalized spacial score (nSPS) is 10.8. The molecule has 1 N–H and O–H groups in total. The van der Waals surface area contributed by atoms with Gasteiger partial charge in [-0.1, -0.05) is 0 Å². The highest BCUT2D eigenvalue weighted by Crippen LogP contribution is 2.23. The first-order chi connectivity index (χ1) is 10.1. The Morgan fingerprint density at radius 1 is 1.29 bits per heavy atom. The fraction of sp³-hybridized carbons (Fsp3) is 0.267. The quantitative estimate of drug-likeness (QED) is 0.797. The van der Waals surface area contributed by atoms with Crippen LogP contribution in [0.4, 0.5) is 5.69 Å². The van der Waals surface area contributed by atoms with E-state index in [-0.39, 0.29) is 0 Å². The van der Waals surface area contributed by atoms with Gasteiger partial charge in [0, 0.05) is 36.1 Å². The molecule has 0 aliphatic heterocycles. The number of hydrogen-bond donors (Lipinski definition) is 1. The molecule has 0 aliphatic rings. The Morgan fingerprint density at radius 3 is 2.76 bits per heavy atom. The number of nitrogens with one attached hydrogen (secondary N) is 1. The highest BCUT2D eigenvalue weighted by Gasteiger charge is 2.07. The second-order valence-electron chi connectivity index (χ2n) is 5.01. The van der Waals surface area contributed by atoms with Crippen LogP contribution in [-0.4, -0.2) is 20.0 Å². The first-order valence-corrected chi connectivity index (χ1v) is 6.73. The summed E-state index contributed by atoms with van der Waals surface area (Å²) in [4.78, 5) is 0. The zero-order valence-corrected chi connectivity index (χ0v) is 12.3. The van der Waals surface area contributed by atoms with E-state index >= 15 is 0 Å². The predicted octanol–water partition coefficient (Wildman–Crippen LogP) is 2.70. The third kappa shape index (κ3) is 2.65. The molecule has 0 amide bonds. The number of benzene rings is 1. The van der Waals surface area contributed by atoms with E-state index in [0.29, 0.717) is 5.89 Å². The van der Waals surface area contributed by atoms with Gasteiger partial charge in [-0.2, -0.15) is 5.10 Å². The van der Waals surface area contributed by atoms with E-state index < -0.39 is 0 Å². The monoisotopic (exact) mass is 283 g/mol. The molecule has 0 unspecified atom stereocenters. The van der Waals surface area contributed by atoms with Crippen molar-refractivity contribution in [3.63, 3.8) is 0 Å². The van der Waals surface area contributed by atoms with Gasteiger partial charge in [-0.05, 0) is 37.6 Å². The molecule has 0 bridgehead atoms. The average molecular weight is 283 g/mol. The molecule has 6 nitrogen and oxygen atoms in total. The number of hydrogen-bond acceptors (Lipinski definition) is 5. The summed E-state index contributed by atoms with van der Waals surface area (Å²) in [6.07, 6.45) is 3.23. The molecular formula is C15H17N5O. The van der Waals surface area contributed by atoms with Crippen LogP contribution in [0.15, 0.2) is 35.2 Å². The van der Waals surface area contributed by atoms with Crippen LogP contribution in [0.3, 0.4) is 0 Å². The van der Waals surface area contributed by atoms with E-state index in [9.17, 15) is 0 Å². The molecule has 108 valence electrons. The maximum atomic E-state index is 5.21. The van der Waals surface area contributed by atoms with E-state index in [1.54, 1.807) is 0 Å². The van der Waals surface area contributed by atoms with Gasteiger partial charge >= 0.3 is 0 Å². The summed E-state index contributed by atoms with van der Waals surface area (Å²) < 4.78 is 7.09. The minimum absolute atomic E-state index is 0.535. The van der Waals surface area contributed by atoms with Crippen molar-refractivity contribution in [3.8, 4) is 11.5 Å². The Kier molecular flexibility index (Phi) is 3.43. The molecule has 3 rings (SSSR count). The lowest BCUT2D eigenvalue weighted by atomic mass is 10.1. The lowest BCUT2D eigenvalue weighted by Gasteiger charge is -2.10. The summed E-state index contributed by atoms with van der Waals surface area (Å²) >= 11 is 0. The standard InChI is InChI=1S/C15H17N5O/c1-10-6-12(15-19-17-9-21-15)4-5-14(10)16-7-13-8-18-20(3)11(13)2/h4-6,8-9,16H,7H2,1-3H3. The molecular weight excluding hydrogens is 266 g/mol. The number of aryl methyl sites for hydroxylation is 2. The average Bonchev–Trinajstić information content (AvgIpc) is 3.11. The second kappa shape index (κ2) is 5.40. The van der Waals surface area contributed by atoms with Crippen molar-refractivity contribution in [3.05, 3.63) is 47.6 Å². The first kappa shape index (κ1) is 13.4. The minimum Gasteiger partial charge on any atom is -0.423 e. The second-order valence-corrected chi connectivity index (χ2v) is 5.01. The van der Waals surface area contributed by atoms with Crippen LogP contribution in [0, 0.1) is 13.8 Å². The summed E-state index contributed by atoms with van der Waals surface area (Å²) in [6, 6.07) is 6.03. The molecule has 0 saturated heterocycles. The molecule has 3 aromatic rings. The SMILES string of the molecule is Cc1cc(-c2nnco2)ccc1NCc1cnn(C)c1C. The molecule has 0 radical (unpaired) electrons. The molecule has 1 aromatic carbocycles. The van der Waals surface area contributed by atoms with E-state index in [4.69, 9.17) is 4.42 Å². The molecule has 6 heteroatoms. The van der Waals surface area contributed by atoms with Crippen molar-refractivity contribution in [2.24, 2.45) is 7.05 Å². The van der Waals surface area contributed by atoms with Gasteiger partial charge in [-0.15, -0.1) is 10.2 Å².